The number of hydrogen-bond donors (Lipinski definition) is 1. The Balaban J connectivity index is 1.67. The van der Waals surface area contributed by atoms with Gasteiger partial charge in [-0.15, -0.1) is 0 Å². The summed E-state index contributed by atoms with van der Waals surface area (Å²) in [6.45, 7) is 4.33. The SMILES string of the molecule is CC(COC1CCOC1)Nc1ccnc2ccc(Br)cc12. The molecule has 1 fully saturated rings. The molecule has 1 aliphatic rings. The van der Waals surface area contributed by atoms with E-state index in [1.165, 1.54) is 0 Å². The summed E-state index contributed by atoms with van der Waals surface area (Å²) in [7, 11) is 0. The van der Waals surface area contributed by atoms with Crippen LogP contribution in [0.4, 0.5) is 5.69 Å². The first kappa shape index (κ1) is 14.8. The third kappa shape index (κ3) is 3.73. The Morgan fingerprint density at radius 3 is 3.19 bits per heavy atom. The van der Waals surface area contributed by atoms with Gasteiger partial charge in [-0.05, 0) is 37.6 Å². The van der Waals surface area contributed by atoms with E-state index >= 15 is 0 Å². The number of benzene rings is 1. The molecule has 2 atom stereocenters. The van der Waals surface area contributed by atoms with E-state index in [0.29, 0.717) is 6.61 Å². The normalized spacial score (nSPS) is 19.8. The van der Waals surface area contributed by atoms with Crippen LogP contribution in [0, 0.1) is 0 Å². The van der Waals surface area contributed by atoms with Crippen LogP contribution in [0.5, 0.6) is 0 Å². The van der Waals surface area contributed by atoms with E-state index in [0.717, 1.165) is 40.7 Å². The van der Waals surface area contributed by atoms with Gasteiger partial charge in [0, 0.05) is 34.4 Å². The van der Waals surface area contributed by atoms with Crippen molar-refractivity contribution in [2.45, 2.75) is 25.5 Å². The molecule has 1 aromatic carbocycles. The van der Waals surface area contributed by atoms with Crippen molar-refractivity contribution < 1.29 is 9.47 Å². The third-order valence-electron chi connectivity index (χ3n) is 3.58. The highest BCUT2D eigenvalue weighted by Crippen LogP contribution is 2.25. The molecule has 0 bridgehead atoms. The molecular formula is C16H19BrN2O2. The number of aromatic nitrogens is 1. The van der Waals surface area contributed by atoms with E-state index in [2.05, 4.69) is 39.2 Å². The van der Waals surface area contributed by atoms with Crippen molar-refractivity contribution in [3.05, 3.63) is 34.9 Å². The maximum atomic E-state index is 5.86. The van der Waals surface area contributed by atoms with Gasteiger partial charge in [-0.1, -0.05) is 15.9 Å². The monoisotopic (exact) mass is 350 g/mol. The first-order valence-corrected chi connectivity index (χ1v) is 8.02. The summed E-state index contributed by atoms with van der Waals surface area (Å²) in [6.07, 6.45) is 3.08. The maximum absolute atomic E-state index is 5.86. The van der Waals surface area contributed by atoms with E-state index < -0.39 is 0 Å². The summed E-state index contributed by atoms with van der Waals surface area (Å²) < 4.78 is 12.2. The van der Waals surface area contributed by atoms with Gasteiger partial charge in [-0.2, -0.15) is 0 Å². The highest BCUT2D eigenvalue weighted by molar-refractivity contribution is 9.10. The molecule has 5 heteroatoms. The topological polar surface area (TPSA) is 43.4 Å². The van der Waals surface area contributed by atoms with Crippen molar-refractivity contribution in [2.24, 2.45) is 0 Å². The molecule has 0 amide bonds. The zero-order valence-electron chi connectivity index (χ0n) is 12.0. The third-order valence-corrected chi connectivity index (χ3v) is 4.07. The Bertz CT molecular complexity index is 614. The molecule has 0 aliphatic carbocycles. The summed E-state index contributed by atoms with van der Waals surface area (Å²) in [6, 6.07) is 8.34. The molecule has 0 saturated carbocycles. The lowest BCUT2D eigenvalue weighted by Crippen LogP contribution is -2.26. The second-order valence-corrected chi connectivity index (χ2v) is 6.30. The van der Waals surface area contributed by atoms with Gasteiger partial charge in [-0.25, -0.2) is 0 Å². The largest absolute Gasteiger partial charge is 0.380 e. The predicted molar refractivity (Wildman–Crippen MR) is 87.7 cm³/mol. The molecule has 1 aromatic heterocycles. The maximum Gasteiger partial charge on any atom is 0.0831 e. The molecule has 21 heavy (non-hydrogen) atoms. The molecule has 2 heterocycles. The number of nitrogens with one attached hydrogen (secondary N) is 1. The Morgan fingerprint density at radius 1 is 1.48 bits per heavy atom. The van der Waals surface area contributed by atoms with Crippen LogP contribution in [-0.2, 0) is 9.47 Å². The number of rotatable bonds is 5. The number of ether oxygens (including phenoxy) is 2. The van der Waals surface area contributed by atoms with Crippen molar-refractivity contribution in [1.82, 2.24) is 4.98 Å². The van der Waals surface area contributed by atoms with Gasteiger partial charge in [0.05, 0.1) is 24.8 Å². The Morgan fingerprint density at radius 2 is 2.38 bits per heavy atom. The van der Waals surface area contributed by atoms with Crippen LogP contribution in [0.25, 0.3) is 10.9 Å². The van der Waals surface area contributed by atoms with Crippen molar-refractivity contribution in [2.75, 3.05) is 25.1 Å². The summed E-state index contributed by atoms with van der Waals surface area (Å²) in [5.74, 6) is 0. The lowest BCUT2D eigenvalue weighted by molar-refractivity contribution is 0.0395. The minimum atomic E-state index is 0.232. The first-order valence-electron chi connectivity index (χ1n) is 7.22. The Hall–Kier alpha value is -1.17. The molecule has 1 saturated heterocycles. The summed E-state index contributed by atoms with van der Waals surface area (Å²) >= 11 is 3.51. The molecule has 4 nitrogen and oxygen atoms in total. The van der Waals surface area contributed by atoms with Gasteiger partial charge in [0.25, 0.3) is 0 Å². The van der Waals surface area contributed by atoms with Crippen molar-refractivity contribution in [3.63, 3.8) is 0 Å². The lowest BCUT2D eigenvalue weighted by atomic mass is 10.1. The van der Waals surface area contributed by atoms with Gasteiger partial charge < -0.3 is 14.8 Å². The number of fused-ring (bicyclic) bond motifs is 1. The number of nitrogens with zero attached hydrogens (tertiary/aromatic N) is 1. The predicted octanol–water partition coefficient (Wildman–Crippen LogP) is 3.60. The zero-order chi connectivity index (χ0) is 14.7. The molecule has 1 aliphatic heterocycles. The van der Waals surface area contributed by atoms with E-state index in [-0.39, 0.29) is 12.1 Å². The fourth-order valence-corrected chi connectivity index (χ4v) is 2.84. The smallest absolute Gasteiger partial charge is 0.0831 e. The van der Waals surface area contributed by atoms with Crippen LogP contribution in [0.2, 0.25) is 0 Å². The van der Waals surface area contributed by atoms with Crippen molar-refractivity contribution >= 4 is 32.5 Å². The molecule has 2 aromatic rings. The van der Waals surface area contributed by atoms with Crippen molar-refractivity contribution in [1.29, 1.82) is 0 Å². The standard InChI is InChI=1S/C16H19BrN2O2/c1-11(9-21-13-5-7-20-10-13)19-16-4-6-18-15-3-2-12(17)8-14(15)16/h2-4,6,8,11,13H,5,7,9-10H2,1H3,(H,18,19). The quantitative estimate of drug-likeness (QED) is 0.894. The van der Waals surface area contributed by atoms with Gasteiger partial charge >= 0.3 is 0 Å². The van der Waals surface area contributed by atoms with E-state index in [1.54, 1.807) is 0 Å². The fourth-order valence-electron chi connectivity index (χ4n) is 2.48. The zero-order valence-corrected chi connectivity index (χ0v) is 13.6. The molecule has 3 rings (SSSR count). The highest BCUT2D eigenvalue weighted by Gasteiger charge is 2.17. The number of halogens is 1. The van der Waals surface area contributed by atoms with Gasteiger partial charge in [0.15, 0.2) is 0 Å². The summed E-state index contributed by atoms with van der Waals surface area (Å²) in [5, 5.41) is 4.62. The molecule has 2 unspecified atom stereocenters. The van der Waals surface area contributed by atoms with E-state index in [1.807, 2.05) is 24.4 Å². The molecule has 0 radical (unpaired) electrons. The highest BCUT2D eigenvalue weighted by atomic mass is 79.9. The van der Waals surface area contributed by atoms with Crippen LogP contribution in [0.15, 0.2) is 34.9 Å². The molecule has 1 N–H and O–H groups in total. The second kappa shape index (κ2) is 6.73. The van der Waals surface area contributed by atoms with Crippen LogP contribution >= 0.6 is 15.9 Å². The van der Waals surface area contributed by atoms with E-state index in [9.17, 15) is 0 Å². The van der Waals surface area contributed by atoms with Crippen LogP contribution in [0.1, 0.15) is 13.3 Å². The average molecular weight is 351 g/mol. The number of pyridine rings is 1. The van der Waals surface area contributed by atoms with Gasteiger partial charge in [0.1, 0.15) is 0 Å². The Kier molecular flexibility index (Phi) is 4.73. The number of anilines is 1. The fraction of sp³-hybridized carbons (Fsp3) is 0.438. The minimum Gasteiger partial charge on any atom is -0.380 e. The summed E-state index contributed by atoms with van der Waals surface area (Å²) in [5.41, 5.74) is 2.07. The van der Waals surface area contributed by atoms with Gasteiger partial charge in [0.2, 0.25) is 0 Å². The van der Waals surface area contributed by atoms with Gasteiger partial charge in [-0.3, -0.25) is 4.98 Å². The van der Waals surface area contributed by atoms with Crippen LogP contribution in [0.3, 0.4) is 0 Å². The molecular weight excluding hydrogens is 332 g/mol. The lowest BCUT2D eigenvalue weighted by Gasteiger charge is -2.19. The van der Waals surface area contributed by atoms with Crippen LogP contribution in [-0.4, -0.2) is 37.0 Å². The average Bonchev–Trinajstić information content (AvgIpc) is 2.99. The second-order valence-electron chi connectivity index (χ2n) is 5.38. The van der Waals surface area contributed by atoms with Crippen molar-refractivity contribution in [3.8, 4) is 0 Å². The first-order chi connectivity index (χ1) is 10.2. The Labute approximate surface area is 133 Å². The van der Waals surface area contributed by atoms with Crippen LogP contribution < -0.4 is 5.32 Å². The molecule has 0 spiro atoms. The minimum absolute atomic E-state index is 0.232. The molecule has 112 valence electrons. The van der Waals surface area contributed by atoms with E-state index in [4.69, 9.17) is 9.47 Å². The number of hydrogen-bond acceptors (Lipinski definition) is 4. The summed E-state index contributed by atoms with van der Waals surface area (Å²) in [4.78, 5) is 4.39.